The zero-order valence-electron chi connectivity index (χ0n) is 10.9. The Kier molecular flexibility index (Phi) is 4.26. The molecular weight excluding hydrogens is 228 g/mol. The molecule has 0 aliphatic heterocycles. The van der Waals surface area contributed by atoms with Crippen LogP contribution in [0.3, 0.4) is 0 Å². The fourth-order valence-electron chi connectivity index (χ4n) is 2.08. The molecule has 0 amide bonds. The lowest BCUT2D eigenvalue weighted by Crippen LogP contribution is -2.16. The quantitative estimate of drug-likeness (QED) is 0.831. The molecular formula is C15H20O3. The molecule has 0 saturated heterocycles. The highest BCUT2D eigenvalue weighted by Gasteiger charge is 2.14. The summed E-state index contributed by atoms with van der Waals surface area (Å²) in [5.41, 5.74) is 0.832. The van der Waals surface area contributed by atoms with Gasteiger partial charge in [0.1, 0.15) is 6.10 Å². The molecule has 2 atom stereocenters. The Morgan fingerprint density at radius 1 is 1.33 bits per heavy atom. The Balaban J connectivity index is 2.16. The van der Waals surface area contributed by atoms with E-state index in [-0.39, 0.29) is 6.10 Å². The van der Waals surface area contributed by atoms with Crippen molar-refractivity contribution < 1.29 is 14.6 Å². The van der Waals surface area contributed by atoms with Crippen LogP contribution in [0.4, 0.5) is 0 Å². The van der Waals surface area contributed by atoms with Gasteiger partial charge in [0.2, 0.25) is 0 Å². The molecule has 1 aromatic rings. The average Bonchev–Trinajstić information content (AvgIpc) is 2.40. The van der Waals surface area contributed by atoms with Gasteiger partial charge in [-0.2, -0.15) is 0 Å². The lowest BCUT2D eigenvalue weighted by molar-refractivity contribution is 0.197. The van der Waals surface area contributed by atoms with Crippen molar-refractivity contribution in [2.24, 2.45) is 0 Å². The highest BCUT2D eigenvalue weighted by atomic mass is 16.5. The van der Waals surface area contributed by atoms with E-state index in [1.165, 1.54) is 0 Å². The van der Waals surface area contributed by atoms with Gasteiger partial charge in [-0.1, -0.05) is 12.1 Å². The predicted molar refractivity (Wildman–Crippen MR) is 71.0 cm³/mol. The van der Waals surface area contributed by atoms with Gasteiger partial charge in [0, 0.05) is 0 Å². The number of hydrogen-bond donors (Lipinski definition) is 1. The summed E-state index contributed by atoms with van der Waals surface area (Å²) < 4.78 is 11.2. The number of methoxy groups -OCH3 is 1. The van der Waals surface area contributed by atoms with E-state index in [0.717, 1.165) is 30.6 Å². The number of rotatable bonds is 4. The number of aliphatic hydroxyl groups is 1. The maximum atomic E-state index is 9.55. The first-order valence-corrected chi connectivity index (χ1v) is 6.40. The van der Waals surface area contributed by atoms with E-state index in [0.29, 0.717) is 5.75 Å². The Bertz CT molecular complexity index is 424. The molecule has 3 nitrogen and oxygen atoms in total. The van der Waals surface area contributed by atoms with Gasteiger partial charge in [0.15, 0.2) is 11.5 Å². The second kappa shape index (κ2) is 5.91. The molecule has 0 bridgehead atoms. The Morgan fingerprint density at radius 2 is 2.17 bits per heavy atom. The molecule has 2 unspecified atom stereocenters. The van der Waals surface area contributed by atoms with Crippen molar-refractivity contribution in [3.8, 4) is 11.5 Å². The van der Waals surface area contributed by atoms with Crippen molar-refractivity contribution >= 4 is 0 Å². The zero-order chi connectivity index (χ0) is 13.0. The van der Waals surface area contributed by atoms with Crippen LogP contribution >= 0.6 is 0 Å². The highest BCUT2D eigenvalue weighted by Crippen LogP contribution is 2.32. The molecule has 1 aliphatic rings. The fourth-order valence-corrected chi connectivity index (χ4v) is 2.08. The molecule has 1 N–H and O–H groups in total. The molecule has 0 radical (unpaired) electrons. The van der Waals surface area contributed by atoms with Gasteiger partial charge in [0.25, 0.3) is 0 Å². The van der Waals surface area contributed by atoms with Gasteiger partial charge in [-0.05, 0) is 50.0 Å². The van der Waals surface area contributed by atoms with E-state index in [1.807, 2.05) is 18.2 Å². The summed E-state index contributed by atoms with van der Waals surface area (Å²) in [6, 6.07) is 5.56. The third-order valence-corrected chi connectivity index (χ3v) is 3.16. The van der Waals surface area contributed by atoms with Gasteiger partial charge >= 0.3 is 0 Å². The smallest absolute Gasteiger partial charge is 0.162 e. The van der Waals surface area contributed by atoms with Crippen molar-refractivity contribution in [1.29, 1.82) is 0 Å². The summed E-state index contributed by atoms with van der Waals surface area (Å²) in [5.74, 6) is 1.41. The van der Waals surface area contributed by atoms with Crippen LogP contribution in [0.5, 0.6) is 11.5 Å². The van der Waals surface area contributed by atoms with Crippen LogP contribution in [-0.2, 0) is 0 Å². The second-order valence-electron chi connectivity index (χ2n) is 4.60. The van der Waals surface area contributed by atoms with Crippen LogP contribution in [0.2, 0.25) is 0 Å². The monoisotopic (exact) mass is 248 g/mol. The Labute approximate surface area is 108 Å². The van der Waals surface area contributed by atoms with Crippen LogP contribution in [0, 0.1) is 0 Å². The maximum Gasteiger partial charge on any atom is 0.162 e. The van der Waals surface area contributed by atoms with Gasteiger partial charge in [-0.3, -0.25) is 0 Å². The molecule has 1 aromatic carbocycles. The van der Waals surface area contributed by atoms with Gasteiger partial charge < -0.3 is 14.6 Å². The zero-order valence-corrected chi connectivity index (χ0v) is 10.9. The third-order valence-electron chi connectivity index (χ3n) is 3.16. The summed E-state index contributed by atoms with van der Waals surface area (Å²) in [6.45, 7) is 1.74. The first kappa shape index (κ1) is 13.0. The molecule has 0 spiro atoms. The Hall–Kier alpha value is -1.48. The first-order valence-electron chi connectivity index (χ1n) is 6.40. The van der Waals surface area contributed by atoms with E-state index < -0.39 is 6.10 Å². The molecule has 3 heteroatoms. The maximum absolute atomic E-state index is 9.55. The molecule has 0 fully saturated rings. The van der Waals surface area contributed by atoms with Crippen LogP contribution in [-0.4, -0.2) is 18.3 Å². The van der Waals surface area contributed by atoms with Crippen molar-refractivity contribution in [1.82, 2.24) is 0 Å². The highest BCUT2D eigenvalue weighted by molar-refractivity contribution is 5.43. The summed E-state index contributed by atoms with van der Waals surface area (Å²) in [6.07, 6.45) is 7.23. The average molecular weight is 248 g/mol. The van der Waals surface area contributed by atoms with E-state index in [9.17, 15) is 5.11 Å². The normalized spacial score (nSPS) is 20.5. The number of hydrogen-bond acceptors (Lipinski definition) is 3. The van der Waals surface area contributed by atoms with Crippen LogP contribution in [0.1, 0.15) is 37.9 Å². The topological polar surface area (TPSA) is 38.7 Å². The molecule has 0 heterocycles. The van der Waals surface area contributed by atoms with Crippen LogP contribution < -0.4 is 9.47 Å². The third kappa shape index (κ3) is 3.05. The summed E-state index contributed by atoms with van der Waals surface area (Å²) in [7, 11) is 1.62. The van der Waals surface area contributed by atoms with Crippen LogP contribution in [0.15, 0.2) is 30.4 Å². The molecule has 1 aliphatic carbocycles. The standard InChI is InChI=1S/C15H20O3/c1-11(16)12-8-9-14(15(10-12)17-2)18-13-6-4-3-5-7-13/h4,6,8-11,13,16H,3,5,7H2,1-2H3. The van der Waals surface area contributed by atoms with Gasteiger partial charge in [0.05, 0.1) is 13.2 Å². The fraction of sp³-hybridized carbons (Fsp3) is 0.467. The van der Waals surface area contributed by atoms with Crippen molar-refractivity contribution in [3.05, 3.63) is 35.9 Å². The minimum atomic E-state index is -0.498. The van der Waals surface area contributed by atoms with Crippen molar-refractivity contribution in [3.63, 3.8) is 0 Å². The van der Waals surface area contributed by atoms with E-state index in [1.54, 1.807) is 14.0 Å². The summed E-state index contributed by atoms with van der Waals surface area (Å²) in [4.78, 5) is 0. The number of benzene rings is 1. The van der Waals surface area contributed by atoms with E-state index >= 15 is 0 Å². The number of aliphatic hydroxyl groups excluding tert-OH is 1. The SMILES string of the molecule is COc1cc(C(C)O)ccc1OC1C=CCCC1. The lowest BCUT2D eigenvalue weighted by atomic mass is 10.1. The first-order chi connectivity index (χ1) is 8.70. The Morgan fingerprint density at radius 3 is 2.78 bits per heavy atom. The van der Waals surface area contributed by atoms with Crippen molar-refractivity contribution in [2.75, 3.05) is 7.11 Å². The number of allylic oxidation sites excluding steroid dienone is 1. The number of ether oxygens (including phenoxy) is 2. The summed E-state index contributed by atoms with van der Waals surface area (Å²) in [5, 5.41) is 9.55. The minimum Gasteiger partial charge on any atom is -0.493 e. The molecule has 98 valence electrons. The van der Waals surface area contributed by atoms with Gasteiger partial charge in [-0.25, -0.2) is 0 Å². The van der Waals surface area contributed by atoms with E-state index in [4.69, 9.17) is 9.47 Å². The van der Waals surface area contributed by atoms with E-state index in [2.05, 4.69) is 12.2 Å². The lowest BCUT2D eigenvalue weighted by Gasteiger charge is -2.20. The van der Waals surface area contributed by atoms with Crippen LogP contribution in [0.25, 0.3) is 0 Å². The molecule has 0 aromatic heterocycles. The molecule has 0 saturated carbocycles. The second-order valence-corrected chi connectivity index (χ2v) is 4.60. The predicted octanol–water partition coefficient (Wildman–Crippen LogP) is 3.24. The molecule has 2 rings (SSSR count). The molecule has 18 heavy (non-hydrogen) atoms. The largest absolute Gasteiger partial charge is 0.493 e. The minimum absolute atomic E-state index is 0.130. The summed E-state index contributed by atoms with van der Waals surface area (Å²) >= 11 is 0. The van der Waals surface area contributed by atoms with Gasteiger partial charge in [-0.15, -0.1) is 0 Å². The van der Waals surface area contributed by atoms with Crippen molar-refractivity contribution in [2.45, 2.75) is 38.4 Å².